The Labute approximate surface area is 205 Å². The minimum absolute atomic E-state index is 0.00758. The van der Waals surface area contributed by atoms with E-state index >= 15 is 0 Å². The molecule has 170 valence electrons. The molecule has 0 radical (unpaired) electrons. The SMILES string of the molecule is C=CCC(=O)NCc1ccncc1.CC1=C(C)Sc2ccccc2C(c2ccc(C#N)cc2)=N1. The first-order valence-corrected chi connectivity index (χ1v) is 11.6. The maximum atomic E-state index is 11.0. The molecular formula is C28H26N4OS. The first-order valence-electron chi connectivity index (χ1n) is 10.8. The van der Waals surface area contributed by atoms with E-state index in [1.807, 2.05) is 49.4 Å². The van der Waals surface area contributed by atoms with Crippen molar-refractivity contribution >= 4 is 23.4 Å². The number of aromatic nitrogens is 1. The predicted octanol–water partition coefficient (Wildman–Crippen LogP) is 6.03. The quantitative estimate of drug-likeness (QED) is 0.466. The number of benzene rings is 2. The predicted molar refractivity (Wildman–Crippen MR) is 138 cm³/mol. The van der Waals surface area contributed by atoms with Crippen molar-refractivity contribution in [3.05, 3.63) is 119 Å². The highest BCUT2D eigenvalue weighted by atomic mass is 32.2. The van der Waals surface area contributed by atoms with Crippen molar-refractivity contribution in [3.8, 4) is 6.07 Å². The smallest absolute Gasteiger partial charge is 0.224 e. The fraction of sp³-hybridized carbons (Fsp3) is 0.143. The van der Waals surface area contributed by atoms with E-state index in [1.54, 1.807) is 30.2 Å². The van der Waals surface area contributed by atoms with E-state index in [2.05, 4.69) is 48.1 Å². The van der Waals surface area contributed by atoms with Crippen LogP contribution in [0.4, 0.5) is 0 Å². The molecule has 4 rings (SSSR count). The van der Waals surface area contributed by atoms with Crippen LogP contribution in [0, 0.1) is 11.3 Å². The first-order chi connectivity index (χ1) is 16.5. The van der Waals surface area contributed by atoms with Gasteiger partial charge in [-0.3, -0.25) is 14.8 Å². The summed E-state index contributed by atoms with van der Waals surface area (Å²) in [5.74, 6) is -0.00758. The minimum atomic E-state index is -0.00758. The van der Waals surface area contributed by atoms with Gasteiger partial charge >= 0.3 is 0 Å². The van der Waals surface area contributed by atoms with Gasteiger partial charge in [-0.05, 0) is 49.7 Å². The van der Waals surface area contributed by atoms with Crippen LogP contribution in [-0.4, -0.2) is 16.6 Å². The number of pyridine rings is 1. The lowest BCUT2D eigenvalue weighted by molar-refractivity contribution is -0.120. The van der Waals surface area contributed by atoms with E-state index in [4.69, 9.17) is 10.3 Å². The molecule has 3 aromatic rings. The molecular weight excluding hydrogens is 440 g/mol. The van der Waals surface area contributed by atoms with E-state index in [9.17, 15) is 4.79 Å². The standard InChI is InChI=1S/C18H14N2S.C10H12N2O/c1-12-13(2)21-17-6-4-3-5-16(17)18(20-12)15-9-7-14(11-19)8-10-15;1-2-3-10(13)12-8-9-4-6-11-7-5-9/h3-10H,1-2H3;2,4-7H,1,3,8H2,(H,12,13). The number of hydrogen-bond donors (Lipinski definition) is 1. The maximum Gasteiger partial charge on any atom is 0.224 e. The minimum Gasteiger partial charge on any atom is -0.352 e. The molecule has 0 fully saturated rings. The van der Waals surface area contributed by atoms with Gasteiger partial charge in [-0.2, -0.15) is 5.26 Å². The van der Waals surface area contributed by atoms with E-state index in [1.165, 1.54) is 9.80 Å². The summed E-state index contributed by atoms with van der Waals surface area (Å²) < 4.78 is 0. The molecule has 2 aromatic carbocycles. The summed E-state index contributed by atoms with van der Waals surface area (Å²) in [5.41, 5.74) is 5.90. The molecule has 5 nitrogen and oxygen atoms in total. The molecule has 0 aliphatic carbocycles. The Kier molecular flexibility index (Phi) is 8.96. The average molecular weight is 467 g/mol. The van der Waals surface area contributed by atoms with Gasteiger partial charge in [0.1, 0.15) is 0 Å². The molecule has 1 aliphatic heterocycles. The highest BCUT2D eigenvalue weighted by Crippen LogP contribution is 2.36. The summed E-state index contributed by atoms with van der Waals surface area (Å²) in [4.78, 5) is 22.1. The van der Waals surface area contributed by atoms with Crippen LogP contribution in [0.2, 0.25) is 0 Å². The highest BCUT2D eigenvalue weighted by molar-refractivity contribution is 8.03. The van der Waals surface area contributed by atoms with Gasteiger partial charge in [-0.15, -0.1) is 6.58 Å². The number of amides is 1. The number of thioether (sulfide) groups is 1. The number of aliphatic imine (C=N–C) groups is 1. The van der Waals surface area contributed by atoms with Gasteiger partial charge in [0, 0.05) is 52.0 Å². The second-order valence-corrected chi connectivity index (χ2v) is 8.77. The zero-order valence-corrected chi connectivity index (χ0v) is 20.1. The molecule has 0 spiro atoms. The van der Waals surface area contributed by atoms with Crippen LogP contribution in [0.15, 0.2) is 106 Å². The molecule has 0 atom stereocenters. The van der Waals surface area contributed by atoms with Crippen molar-refractivity contribution in [1.29, 1.82) is 5.26 Å². The number of hydrogen-bond acceptors (Lipinski definition) is 5. The molecule has 0 saturated heterocycles. The number of carbonyl (C=O) groups is 1. The van der Waals surface area contributed by atoms with Crippen LogP contribution in [-0.2, 0) is 11.3 Å². The van der Waals surface area contributed by atoms with Crippen LogP contribution in [0.25, 0.3) is 0 Å². The van der Waals surface area contributed by atoms with Crippen molar-refractivity contribution < 1.29 is 4.79 Å². The Bertz CT molecular complexity index is 1260. The van der Waals surface area contributed by atoms with Crippen LogP contribution in [0.3, 0.4) is 0 Å². The van der Waals surface area contributed by atoms with Gasteiger partial charge in [-0.1, -0.05) is 48.2 Å². The molecule has 0 unspecified atom stereocenters. The summed E-state index contributed by atoms with van der Waals surface area (Å²) in [7, 11) is 0. The van der Waals surface area contributed by atoms with Gasteiger partial charge < -0.3 is 5.32 Å². The third-order valence-electron chi connectivity index (χ3n) is 5.05. The summed E-state index contributed by atoms with van der Waals surface area (Å²) >= 11 is 1.76. The van der Waals surface area contributed by atoms with E-state index in [0.717, 1.165) is 28.1 Å². The number of rotatable bonds is 5. The van der Waals surface area contributed by atoms with Crippen molar-refractivity contribution in [2.45, 2.75) is 31.7 Å². The van der Waals surface area contributed by atoms with Crippen LogP contribution < -0.4 is 5.32 Å². The molecule has 1 aromatic heterocycles. The van der Waals surface area contributed by atoms with Gasteiger partial charge in [0.05, 0.1) is 17.3 Å². The van der Waals surface area contributed by atoms with Crippen LogP contribution in [0.1, 0.15) is 42.5 Å². The molecule has 0 bridgehead atoms. The van der Waals surface area contributed by atoms with Gasteiger partial charge in [0.2, 0.25) is 5.91 Å². The number of nitrogens with zero attached hydrogens (tertiary/aromatic N) is 3. The number of nitriles is 1. The molecule has 0 saturated carbocycles. The normalized spacial score (nSPS) is 12.2. The molecule has 1 N–H and O–H groups in total. The van der Waals surface area contributed by atoms with Crippen molar-refractivity contribution in [1.82, 2.24) is 10.3 Å². The van der Waals surface area contributed by atoms with Crippen LogP contribution in [0.5, 0.6) is 0 Å². The van der Waals surface area contributed by atoms with E-state index < -0.39 is 0 Å². The number of carbonyl (C=O) groups excluding carboxylic acids is 1. The highest BCUT2D eigenvalue weighted by Gasteiger charge is 2.16. The lowest BCUT2D eigenvalue weighted by atomic mass is 10.0. The summed E-state index contributed by atoms with van der Waals surface area (Å²) in [6, 6.07) is 21.8. The molecule has 34 heavy (non-hydrogen) atoms. The van der Waals surface area contributed by atoms with Crippen LogP contribution >= 0.6 is 11.8 Å². The fourth-order valence-electron chi connectivity index (χ4n) is 3.12. The van der Waals surface area contributed by atoms with Crippen molar-refractivity contribution in [2.24, 2.45) is 4.99 Å². The topological polar surface area (TPSA) is 78.1 Å². The van der Waals surface area contributed by atoms with Gasteiger partial charge in [0.15, 0.2) is 0 Å². The maximum absolute atomic E-state index is 11.0. The summed E-state index contributed by atoms with van der Waals surface area (Å²) in [6.07, 6.45) is 5.36. The number of fused-ring (bicyclic) bond motifs is 1. The largest absolute Gasteiger partial charge is 0.352 e. The second-order valence-electron chi connectivity index (χ2n) is 7.51. The molecule has 1 amide bonds. The lowest BCUT2D eigenvalue weighted by Crippen LogP contribution is -2.21. The lowest BCUT2D eigenvalue weighted by Gasteiger charge is -2.09. The Morgan fingerprint density at radius 3 is 2.47 bits per heavy atom. The fourth-order valence-corrected chi connectivity index (χ4v) is 4.07. The zero-order valence-electron chi connectivity index (χ0n) is 19.3. The first kappa shape index (κ1) is 24.7. The number of allylic oxidation sites excluding steroid dienone is 2. The third-order valence-corrected chi connectivity index (χ3v) is 6.23. The van der Waals surface area contributed by atoms with Gasteiger partial charge in [0.25, 0.3) is 0 Å². The Morgan fingerprint density at radius 1 is 1.09 bits per heavy atom. The summed E-state index contributed by atoms with van der Waals surface area (Å²) in [6.45, 7) is 8.17. The Balaban J connectivity index is 0.000000215. The second kappa shape index (κ2) is 12.3. The van der Waals surface area contributed by atoms with E-state index in [-0.39, 0.29) is 5.91 Å². The van der Waals surface area contributed by atoms with Crippen molar-refractivity contribution in [2.75, 3.05) is 0 Å². The monoisotopic (exact) mass is 466 g/mol. The number of nitrogens with one attached hydrogen (secondary N) is 1. The molecule has 6 heteroatoms. The zero-order chi connectivity index (χ0) is 24.3. The Hall–Kier alpha value is -3.95. The molecule has 1 aliphatic rings. The third kappa shape index (κ3) is 6.77. The Morgan fingerprint density at radius 2 is 1.79 bits per heavy atom. The van der Waals surface area contributed by atoms with Gasteiger partial charge in [-0.25, -0.2) is 0 Å². The van der Waals surface area contributed by atoms with Crippen molar-refractivity contribution in [3.63, 3.8) is 0 Å². The summed E-state index contributed by atoms with van der Waals surface area (Å²) in [5, 5.41) is 11.7. The molecule has 2 heterocycles. The average Bonchev–Trinajstić information content (AvgIpc) is 3.00. The van der Waals surface area contributed by atoms with E-state index in [0.29, 0.717) is 18.5 Å².